The van der Waals surface area contributed by atoms with Gasteiger partial charge in [0.15, 0.2) is 0 Å². The number of thiocarbonyl (C=S) groups is 1. The highest BCUT2D eigenvalue weighted by Crippen LogP contribution is 2.38. The molecule has 21 heavy (non-hydrogen) atoms. The second-order valence-corrected chi connectivity index (χ2v) is 6.16. The van der Waals surface area contributed by atoms with Gasteiger partial charge in [0.1, 0.15) is 4.32 Å². The van der Waals surface area contributed by atoms with Gasteiger partial charge in [-0.15, -0.1) is 0 Å². The molecule has 0 aliphatic carbocycles. The molecule has 0 aromatic heterocycles. The van der Waals surface area contributed by atoms with Crippen LogP contribution in [0.1, 0.15) is 12.5 Å². The molecular formula is C12H9ClN2O4S2. The first-order valence-corrected chi connectivity index (χ1v) is 7.37. The van der Waals surface area contributed by atoms with Gasteiger partial charge in [-0.05, 0) is 19.1 Å². The van der Waals surface area contributed by atoms with E-state index in [1.807, 2.05) is 0 Å². The van der Waals surface area contributed by atoms with E-state index in [9.17, 15) is 20.0 Å². The Bertz CT molecular complexity index is 690. The molecule has 1 amide bonds. The molecule has 1 heterocycles. The van der Waals surface area contributed by atoms with Crippen molar-refractivity contribution in [3.63, 3.8) is 0 Å². The van der Waals surface area contributed by atoms with E-state index in [-0.39, 0.29) is 21.4 Å². The topological polar surface area (TPSA) is 83.7 Å². The van der Waals surface area contributed by atoms with Crippen molar-refractivity contribution >= 4 is 57.6 Å². The number of aromatic hydroxyl groups is 1. The minimum Gasteiger partial charge on any atom is -0.502 e. The van der Waals surface area contributed by atoms with Crippen LogP contribution in [0.15, 0.2) is 17.0 Å². The lowest BCUT2D eigenvalue weighted by Gasteiger charge is -2.09. The lowest BCUT2D eigenvalue weighted by Crippen LogP contribution is -2.27. The highest BCUT2D eigenvalue weighted by atomic mass is 35.5. The van der Waals surface area contributed by atoms with Crippen LogP contribution < -0.4 is 0 Å². The van der Waals surface area contributed by atoms with Crippen molar-refractivity contribution in [1.82, 2.24) is 4.90 Å². The van der Waals surface area contributed by atoms with Crippen LogP contribution in [-0.2, 0) is 4.79 Å². The van der Waals surface area contributed by atoms with E-state index in [4.69, 9.17) is 23.8 Å². The van der Waals surface area contributed by atoms with E-state index in [1.54, 1.807) is 6.92 Å². The van der Waals surface area contributed by atoms with Crippen LogP contribution in [0.25, 0.3) is 6.08 Å². The molecule has 9 heteroatoms. The second-order valence-electron chi connectivity index (χ2n) is 4.05. The van der Waals surface area contributed by atoms with Crippen LogP contribution in [0, 0.1) is 10.1 Å². The van der Waals surface area contributed by atoms with Crippen LogP contribution in [0.5, 0.6) is 5.75 Å². The van der Waals surface area contributed by atoms with Crippen molar-refractivity contribution in [1.29, 1.82) is 0 Å². The van der Waals surface area contributed by atoms with Gasteiger partial charge < -0.3 is 5.11 Å². The monoisotopic (exact) mass is 344 g/mol. The predicted octanol–water partition coefficient (Wildman–Crippen LogP) is 3.17. The Kier molecular flexibility index (Phi) is 4.50. The summed E-state index contributed by atoms with van der Waals surface area (Å²) in [4.78, 5) is 23.9. The highest BCUT2D eigenvalue weighted by Gasteiger charge is 2.31. The molecule has 1 aliphatic rings. The Morgan fingerprint density at radius 2 is 2.24 bits per heavy atom. The highest BCUT2D eigenvalue weighted by molar-refractivity contribution is 8.26. The molecule has 1 fully saturated rings. The van der Waals surface area contributed by atoms with Crippen LogP contribution >= 0.6 is 35.6 Å². The number of hydrogen-bond acceptors (Lipinski definition) is 6. The average molecular weight is 345 g/mol. The van der Waals surface area contributed by atoms with E-state index >= 15 is 0 Å². The molecule has 110 valence electrons. The molecule has 1 N–H and O–H groups in total. The summed E-state index contributed by atoms with van der Waals surface area (Å²) >= 11 is 11.9. The molecule has 6 nitrogen and oxygen atoms in total. The van der Waals surface area contributed by atoms with E-state index in [2.05, 4.69) is 0 Å². The van der Waals surface area contributed by atoms with Crippen molar-refractivity contribution < 1.29 is 14.8 Å². The first-order valence-electron chi connectivity index (χ1n) is 5.77. The summed E-state index contributed by atoms with van der Waals surface area (Å²) in [5.74, 6) is -0.833. The number of nitro benzene ring substituents is 1. The molecule has 0 saturated carbocycles. The molecule has 1 aromatic rings. The van der Waals surface area contributed by atoms with E-state index in [0.29, 0.717) is 10.9 Å². The maximum absolute atomic E-state index is 12.1. The summed E-state index contributed by atoms with van der Waals surface area (Å²) in [6.07, 6.45) is 1.35. The number of rotatable bonds is 3. The average Bonchev–Trinajstić information content (AvgIpc) is 2.67. The van der Waals surface area contributed by atoms with Gasteiger partial charge in [0.25, 0.3) is 5.91 Å². The summed E-state index contributed by atoms with van der Waals surface area (Å²) in [5, 5.41) is 20.8. The van der Waals surface area contributed by atoms with Gasteiger partial charge in [-0.1, -0.05) is 35.6 Å². The number of likely N-dealkylation sites (N-methyl/N-ethyl adjacent to an activating group) is 1. The quantitative estimate of drug-likeness (QED) is 0.392. The molecule has 1 saturated heterocycles. The second kappa shape index (κ2) is 6.00. The molecule has 1 aliphatic heterocycles. The number of nitrogens with zero attached hydrogens (tertiary/aromatic N) is 2. The smallest absolute Gasteiger partial charge is 0.312 e. The van der Waals surface area contributed by atoms with Crippen molar-refractivity contribution in [2.24, 2.45) is 0 Å². The zero-order valence-corrected chi connectivity index (χ0v) is 13.1. The zero-order chi connectivity index (χ0) is 15.7. The normalized spacial score (nSPS) is 16.9. The fraction of sp³-hybridized carbons (Fsp3) is 0.167. The molecule has 0 bridgehead atoms. The Balaban J connectivity index is 2.49. The standard InChI is InChI=1S/C12H9ClN2O4S2/c1-2-14-11(17)9(21-12(14)20)4-6-3-7(13)5-8(10(6)16)15(18)19/h3-5,16H,2H2,1H3/b9-4+. The summed E-state index contributed by atoms with van der Waals surface area (Å²) in [5.41, 5.74) is -0.412. The van der Waals surface area contributed by atoms with Crippen molar-refractivity contribution in [3.05, 3.63) is 37.7 Å². The zero-order valence-electron chi connectivity index (χ0n) is 10.7. The predicted molar refractivity (Wildman–Crippen MR) is 85.3 cm³/mol. The molecular weight excluding hydrogens is 336 g/mol. The van der Waals surface area contributed by atoms with Gasteiger partial charge in [0, 0.05) is 23.2 Å². The summed E-state index contributed by atoms with van der Waals surface area (Å²) < 4.78 is 0.407. The maximum atomic E-state index is 12.1. The third kappa shape index (κ3) is 3.02. The summed E-state index contributed by atoms with van der Waals surface area (Å²) in [6, 6.07) is 2.40. The van der Waals surface area contributed by atoms with Crippen molar-refractivity contribution in [2.75, 3.05) is 6.54 Å². The number of carbonyl (C=O) groups is 1. The number of benzene rings is 1. The summed E-state index contributed by atoms with van der Waals surface area (Å²) in [7, 11) is 0. The maximum Gasteiger partial charge on any atom is 0.312 e. The fourth-order valence-electron chi connectivity index (χ4n) is 1.77. The van der Waals surface area contributed by atoms with E-state index in [1.165, 1.54) is 17.0 Å². The number of carbonyl (C=O) groups excluding carboxylic acids is 1. The van der Waals surface area contributed by atoms with Crippen molar-refractivity contribution in [2.45, 2.75) is 6.92 Å². The minimum absolute atomic E-state index is 0.0942. The van der Waals surface area contributed by atoms with E-state index in [0.717, 1.165) is 17.8 Å². The van der Waals surface area contributed by atoms with Gasteiger partial charge in [0.05, 0.1) is 9.83 Å². The lowest BCUT2D eigenvalue weighted by molar-refractivity contribution is -0.385. The van der Waals surface area contributed by atoms with Crippen LogP contribution in [-0.4, -0.2) is 31.7 Å². The summed E-state index contributed by atoms with van der Waals surface area (Å²) in [6.45, 7) is 2.22. The van der Waals surface area contributed by atoms with Gasteiger partial charge >= 0.3 is 5.69 Å². The number of nitro groups is 1. The van der Waals surface area contributed by atoms with Crippen LogP contribution in [0.3, 0.4) is 0 Å². The molecule has 0 radical (unpaired) electrons. The van der Waals surface area contributed by atoms with Crippen LogP contribution in [0.2, 0.25) is 5.02 Å². The number of thioether (sulfide) groups is 1. The first kappa shape index (κ1) is 15.7. The Hall–Kier alpha value is -1.64. The largest absolute Gasteiger partial charge is 0.502 e. The SMILES string of the molecule is CCN1C(=O)/C(=C\c2cc(Cl)cc([N+](=O)[O-])c2O)SC1=S. The van der Waals surface area contributed by atoms with Gasteiger partial charge in [-0.25, -0.2) is 0 Å². The fourth-order valence-corrected chi connectivity index (χ4v) is 3.36. The third-order valence-electron chi connectivity index (χ3n) is 2.76. The molecule has 2 rings (SSSR count). The first-order chi connectivity index (χ1) is 9.85. The Morgan fingerprint density at radius 1 is 1.57 bits per heavy atom. The molecule has 0 spiro atoms. The van der Waals surface area contributed by atoms with Gasteiger partial charge in [0.2, 0.25) is 5.75 Å². The number of amides is 1. The Morgan fingerprint density at radius 3 is 2.76 bits per heavy atom. The Labute approximate surface area is 134 Å². The molecule has 1 aromatic carbocycles. The van der Waals surface area contributed by atoms with Crippen LogP contribution in [0.4, 0.5) is 5.69 Å². The van der Waals surface area contributed by atoms with Gasteiger partial charge in [-0.3, -0.25) is 19.8 Å². The number of phenolic OH excluding ortho intramolecular Hbond substituents is 1. The third-order valence-corrected chi connectivity index (χ3v) is 4.35. The van der Waals surface area contributed by atoms with Crippen molar-refractivity contribution in [3.8, 4) is 5.75 Å². The number of hydrogen-bond donors (Lipinski definition) is 1. The lowest BCUT2D eigenvalue weighted by atomic mass is 10.1. The molecule has 0 atom stereocenters. The molecule has 0 unspecified atom stereocenters. The van der Waals surface area contributed by atoms with Gasteiger partial charge in [-0.2, -0.15) is 0 Å². The van der Waals surface area contributed by atoms with E-state index < -0.39 is 16.4 Å². The number of halogens is 1. The number of phenols is 1. The minimum atomic E-state index is -0.740.